The van der Waals surface area contributed by atoms with Gasteiger partial charge in [-0.2, -0.15) is 0 Å². The minimum Gasteiger partial charge on any atom is -0.348 e. The van der Waals surface area contributed by atoms with Crippen LogP contribution in [0.4, 0.5) is 0 Å². The number of nitrogens with zero attached hydrogens (tertiary/aromatic N) is 3. The first-order valence-corrected chi connectivity index (χ1v) is 9.17. The molecule has 1 aromatic carbocycles. The number of carbonyl (C=O) groups excluding carboxylic acids is 1. The molecule has 0 radical (unpaired) electrons. The maximum Gasteiger partial charge on any atom is 0.270 e. The molecule has 3 aromatic rings. The fraction of sp³-hybridized carbons (Fsp3) is 0.286. The zero-order valence-electron chi connectivity index (χ0n) is 15.7. The zero-order valence-corrected chi connectivity index (χ0v) is 15.7. The van der Waals surface area contributed by atoms with Crippen molar-refractivity contribution in [2.75, 3.05) is 13.1 Å². The lowest BCUT2D eigenvalue weighted by Crippen LogP contribution is -2.31. The van der Waals surface area contributed by atoms with E-state index in [1.54, 1.807) is 24.4 Å². The normalized spacial score (nSPS) is 11.1. The SMILES string of the molecule is CCN(CC)Cc1ccccc1CNC(=O)c1cnc2ccccn2c1=O. The molecule has 0 fully saturated rings. The number of hydrogen-bond acceptors (Lipinski definition) is 4. The maximum absolute atomic E-state index is 12.6. The standard InChI is InChI=1S/C21H24N4O2/c1-3-24(4-2)15-17-10-6-5-9-16(17)13-23-20(26)18-14-22-19-11-7-8-12-25(19)21(18)27/h5-12,14H,3-4,13,15H2,1-2H3,(H,23,26). The van der Waals surface area contributed by atoms with Crippen LogP contribution >= 0.6 is 0 Å². The molecule has 0 saturated heterocycles. The molecule has 1 amide bonds. The van der Waals surface area contributed by atoms with Crippen molar-refractivity contribution in [1.82, 2.24) is 19.6 Å². The molecule has 0 aliphatic rings. The number of nitrogens with one attached hydrogen (secondary N) is 1. The molecule has 0 bridgehead atoms. The first-order chi connectivity index (χ1) is 13.1. The first-order valence-electron chi connectivity index (χ1n) is 9.17. The summed E-state index contributed by atoms with van der Waals surface area (Å²) in [7, 11) is 0. The van der Waals surface area contributed by atoms with Crippen LogP contribution < -0.4 is 10.9 Å². The van der Waals surface area contributed by atoms with Gasteiger partial charge in [0.25, 0.3) is 11.5 Å². The number of rotatable bonds is 7. The Bertz CT molecular complexity index is 993. The molecule has 0 spiro atoms. The van der Waals surface area contributed by atoms with Crippen molar-refractivity contribution in [2.24, 2.45) is 0 Å². The van der Waals surface area contributed by atoms with E-state index in [2.05, 4.69) is 35.1 Å². The Labute approximate surface area is 158 Å². The zero-order chi connectivity index (χ0) is 19.2. The highest BCUT2D eigenvalue weighted by Crippen LogP contribution is 2.12. The van der Waals surface area contributed by atoms with E-state index < -0.39 is 5.91 Å². The van der Waals surface area contributed by atoms with E-state index in [9.17, 15) is 9.59 Å². The van der Waals surface area contributed by atoms with Crippen molar-refractivity contribution in [3.8, 4) is 0 Å². The summed E-state index contributed by atoms with van der Waals surface area (Å²) < 4.78 is 1.38. The van der Waals surface area contributed by atoms with Gasteiger partial charge in [-0.25, -0.2) is 4.98 Å². The van der Waals surface area contributed by atoms with Gasteiger partial charge in [-0.15, -0.1) is 0 Å². The highest BCUT2D eigenvalue weighted by Gasteiger charge is 2.14. The van der Waals surface area contributed by atoms with E-state index in [0.29, 0.717) is 12.2 Å². The van der Waals surface area contributed by atoms with Crippen molar-refractivity contribution < 1.29 is 4.79 Å². The largest absolute Gasteiger partial charge is 0.348 e. The van der Waals surface area contributed by atoms with Crippen molar-refractivity contribution in [2.45, 2.75) is 26.9 Å². The summed E-state index contributed by atoms with van der Waals surface area (Å²) in [6.45, 7) is 7.40. The van der Waals surface area contributed by atoms with Crippen LogP contribution in [0, 0.1) is 0 Å². The van der Waals surface area contributed by atoms with E-state index in [-0.39, 0.29) is 11.1 Å². The van der Waals surface area contributed by atoms with Gasteiger partial charge >= 0.3 is 0 Å². The van der Waals surface area contributed by atoms with Gasteiger partial charge in [-0.3, -0.25) is 18.9 Å². The van der Waals surface area contributed by atoms with Gasteiger partial charge in [0, 0.05) is 25.5 Å². The maximum atomic E-state index is 12.6. The average molecular weight is 364 g/mol. The predicted octanol–water partition coefficient (Wildman–Crippen LogP) is 2.47. The Morgan fingerprint density at radius 3 is 2.52 bits per heavy atom. The molecule has 2 aromatic heterocycles. The molecule has 3 rings (SSSR count). The molecule has 0 aliphatic heterocycles. The third kappa shape index (κ3) is 4.23. The smallest absolute Gasteiger partial charge is 0.270 e. The summed E-state index contributed by atoms with van der Waals surface area (Å²) in [6, 6.07) is 13.3. The summed E-state index contributed by atoms with van der Waals surface area (Å²) >= 11 is 0. The van der Waals surface area contributed by atoms with Gasteiger partial charge in [0.2, 0.25) is 0 Å². The number of amides is 1. The second kappa shape index (κ2) is 8.60. The van der Waals surface area contributed by atoms with Crippen LogP contribution in [-0.4, -0.2) is 33.3 Å². The number of benzene rings is 1. The Morgan fingerprint density at radius 2 is 1.78 bits per heavy atom. The molecule has 1 N–H and O–H groups in total. The van der Waals surface area contributed by atoms with Crippen LogP contribution in [0.2, 0.25) is 0 Å². The van der Waals surface area contributed by atoms with Crippen LogP contribution in [0.3, 0.4) is 0 Å². The summed E-state index contributed by atoms with van der Waals surface area (Å²) in [5, 5.41) is 2.86. The fourth-order valence-electron chi connectivity index (χ4n) is 3.03. The van der Waals surface area contributed by atoms with Gasteiger partial charge in [0.1, 0.15) is 11.2 Å². The molecule has 0 atom stereocenters. The number of aromatic nitrogens is 2. The van der Waals surface area contributed by atoms with Crippen molar-refractivity contribution in [3.63, 3.8) is 0 Å². The highest BCUT2D eigenvalue weighted by molar-refractivity contribution is 5.93. The minimum absolute atomic E-state index is 0.0416. The molecule has 2 heterocycles. The van der Waals surface area contributed by atoms with E-state index in [0.717, 1.165) is 25.2 Å². The number of carbonyl (C=O) groups is 1. The molecule has 27 heavy (non-hydrogen) atoms. The van der Waals surface area contributed by atoms with Gasteiger partial charge in [-0.1, -0.05) is 44.2 Å². The third-order valence-corrected chi connectivity index (χ3v) is 4.70. The second-order valence-electron chi connectivity index (χ2n) is 6.32. The van der Waals surface area contributed by atoms with Crippen LogP contribution in [0.25, 0.3) is 5.65 Å². The lowest BCUT2D eigenvalue weighted by molar-refractivity contribution is 0.0948. The fourth-order valence-corrected chi connectivity index (χ4v) is 3.03. The van der Waals surface area contributed by atoms with E-state index >= 15 is 0 Å². The van der Waals surface area contributed by atoms with Crippen molar-refractivity contribution in [3.05, 3.63) is 81.9 Å². The molecule has 0 aliphatic carbocycles. The summed E-state index contributed by atoms with van der Waals surface area (Å²) in [6.07, 6.45) is 2.95. The van der Waals surface area contributed by atoms with Gasteiger partial charge in [-0.05, 0) is 36.3 Å². The Kier molecular flexibility index (Phi) is 5.98. The van der Waals surface area contributed by atoms with E-state index in [1.165, 1.54) is 16.2 Å². The molecule has 140 valence electrons. The Hall–Kier alpha value is -2.99. The third-order valence-electron chi connectivity index (χ3n) is 4.70. The topological polar surface area (TPSA) is 66.7 Å². The van der Waals surface area contributed by atoms with Crippen LogP contribution in [0.15, 0.2) is 59.7 Å². The van der Waals surface area contributed by atoms with Crippen LogP contribution in [0.1, 0.15) is 35.3 Å². The molecule has 0 unspecified atom stereocenters. The van der Waals surface area contributed by atoms with Gasteiger partial charge in [0.05, 0.1) is 0 Å². The summed E-state index contributed by atoms with van der Waals surface area (Å²) in [5.41, 5.74) is 2.42. The predicted molar refractivity (Wildman–Crippen MR) is 106 cm³/mol. The molecule has 6 nitrogen and oxygen atoms in total. The molecular weight excluding hydrogens is 340 g/mol. The molecule has 6 heteroatoms. The van der Waals surface area contributed by atoms with Crippen molar-refractivity contribution in [1.29, 1.82) is 0 Å². The summed E-state index contributed by atoms with van der Waals surface area (Å²) in [4.78, 5) is 31.6. The van der Waals surface area contributed by atoms with Gasteiger partial charge < -0.3 is 5.32 Å². The first kappa shape index (κ1) is 18.8. The Morgan fingerprint density at radius 1 is 1.07 bits per heavy atom. The van der Waals surface area contributed by atoms with E-state index in [4.69, 9.17) is 0 Å². The number of pyridine rings is 1. The Balaban J connectivity index is 1.77. The summed E-state index contributed by atoms with van der Waals surface area (Å²) in [5.74, 6) is -0.414. The van der Waals surface area contributed by atoms with Crippen LogP contribution in [-0.2, 0) is 13.1 Å². The minimum atomic E-state index is -0.414. The number of fused-ring (bicyclic) bond motifs is 1. The quantitative estimate of drug-likeness (QED) is 0.699. The molecule has 0 saturated carbocycles. The lowest BCUT2D eigenvalue weighted by Gasteiger charge is -2.20. The lowest BCUT2D eigenvalue weighted by atomic mass is 10.1. The molecular formula is C21H24N4O2. The second-order valence-corrected chi connectivity index (χ2v) is 6.32. The van der Waals surface area contributed by atoms with Gasteiger partial charge in [0.15, 0.2) is 0 Å². The monoisotopic (exact) mass is 364 g/mol. The number of hydrogen-bond donors (Lipinski definition) is 1. The average Bonchev–Trinajstić information content (AvgIpc) is 2.71. The highest BCUT2D eigenvalue weighted by atomic mass is 16.2. The van der Waals surface area contributed by atoms with Crippen LogP contribution in [0.5, 0.6) is 0 Å². The van der Waals surface area contributed by atoms with Crippen molar-refractivity contribution >= 4 is 11.6 Å². The van der Waals surface area contributed by atoms with E-state index in [1.807, 2.05) is 18.2 Å².